The number of hydrogen-bond acceptors (Lipinski definition) is 3. The van der Waals surface area contributed by atoms with Crippen molar-refractivity contribution in [1.29, 1.82) is 0 Å². The van der Waals surface area contributed by atoms with Crippen LogP contribution in [0.2, 0.25) is 0 Å². The van der Waals surface area contributed by atoms with Crippen LogP contribution in [-0.4, -0.2) is 20.9 Å². The third-order valence-electron chi connectivity index (χ3n) is 4.68. The lowest BCUT2D eigenvalue weighted by molar-refractivity contribution is -0.137. The summed E-state index contributed by atoms with van der Waals surface area (Å²) in [5.41, 5.74) is 1.30. The Labute approximate surface area is 167 Å². The molecule has 29 heavy (non-hydrogen) atoms. The van der Waals surface area contributed by atoms with Crippen LogP contribution in [-0.2, 0) is 12.6 Å². The second-order valence-electron chi connectivity index (χ2n) is 6.64. The fourth-order valence-electron chi connectivity index (χ4n) is 3.28. The Morgan fingerprint density at radius 3 is 2.62 bits per heavy atom. The van der Waals surface area contributed by atoms with E-state index < -0.39 is 17.7 Å². The van der Waals surface area contributed by atoms with E-state index in [2.05, 4.69) is 5.10 Å². The third-order valence-corrected chi connectivity index (χ3v) is 5.85. The fraction of sp³-hybridized carbons (Fsp3) is 0.143. The van der Waals surface area contributed by atoms with E-state index in [-0.39, 0.29) is 5.56 Å². The van der Waals surface area contributed by atoms with Gasteiger partial charge in [0.05, 0.1) is 27.8 Å². The molecule has 1 N–H and O–H groups in total. The van der Waals surface area contributed by atoms with Gasteiger partial charge in [-0.3, -0.25) is 0 Å². The molecule has 0 aliphatic heterocycles. The maximum atomic E-state index is 13.0. The molecule has 2 aromatic carbocycles. The monoisotopic (exact) mass is 416 g/mol. The number of hydrogen-bond donors (Lipinski definition) is 1. The third kappa shape index (κ3) is 3.63. The molecular formula is C21H15F3N2O2S. The standard InChI is InChI=1S/C21H15F3N2O2S/c1-12-17(20(27)28)11-25-26(12)18-7-3-5-14-10-16(29-19(14)18)9-13-4-2-6-15(8-13)21(22,23)24/h2-8,10-11H,9H2,1H3,(H,27,28). The lowest BCUT2D eigenvalue weighted by Gasteiger charge is -2.08. The van der Waals surface area contributed by atoms with Crippen molar-refractivity contribution in [3.05, 3.63) is 82.0 Å². The molecule has 8 heteroatoms. The highest BCUT2D eigenvalue weighted by Gasteiger charge is 2.30. The zero-order valence-corrected chi connectivity index (χ0v) is 16.0. The van der Waals surface area contributed by atoms with Crippen LogP contribution in [0.1, 0.15) is 32.1 Å². The van der Waals surface area contributed by atoms with Gasteiger partial charge in [-0.25, -0.2) is 9.48 Å². The summed E-state index contributed by atoms with van der Waals surface area (Å²) >= 11 is 1.46. The number of rotatable bonds is 4. The first-order valence-corrected chi connectivity index (χ1v) is 9.51. The molecule has 4 nitrogen and oxygen atoms in total. The second kappa shape index (κ2) is 7.04. The molecule has 2 heterocycles. The Balaban J connectivity index is 1.73. The number of nitrogens with zero attached hydrogens (tertiary/aromatic N) is 2. The number of carbonyl (C=O) groups is 1. The molecule has 0 radical (unpaired) electrons. The summed E-state index contributed by atoms with van der Waals surface area (Å²) < 4.78 is 41.4. The molecule has 0 spiro atoms. The number of benzene rings is 2. The Morgan fingerprint density at radius 2 is 1.93 bits per heavy atom. The van der Waals surface area contributed by atoms with Gasteiger partial charge in [0.1, 0.15) is 5.56 Å². The Hall–Kier alpha value is -3.13. The van der Waals surface area contributed by atoms with E-state index in [0.717, 1.165) is 26.7 Å². The van der Waals surface area contributed by atoms with E-state index in [4.69, 9.17) is 0 Å². The fourth-order valence-corrected chi connectivity index (χ4v) is 4.47. The predicted molar refractivity (Wildman–Crippen MR) is 105 cm³/mol. The molecule has 148 valence electrons. The number of thiophene rings is 1. The average molecular weight is 416 g/mol. The Bertz CT molecular complexity index is 1220. The first-order chi connectivity index (χ1) is 13.7. The van der Waals surface area contributed by atoms with E-state index in [1.54, 1.807) is 17.7 Å². The van der Waals surface area contributed by atoms with Gasteiger partial charge < -0.3 is 5.11 Å². The van der Waals surface area contributed by atoms with Gasteiger partial charge >= 0.3 is 12.1 Å². The number of halogens is 3. The maximum Gasteiger partial charge on any atom is 0.416 e. The summed E-state index contributed by atoms with van der Waals surface area (Å²) in [6.07, 6.45) is -2.68. The van der Waals surface area contributed by atoms with Crippen LogP contribution in [0, 0.1) is 6.92 Å². The summed E-state index contributed by atoms with van der Waals surface area (Å²) in [5.74, 6) is -1.04. The number of aromatic carboxylic acids is 1. The van der Waals surface area contributed by atoms with Gasteiger partial charge in [-0.15, -0.1) is 11.3 Å². The molecule has 0 saturated carbocycles. The summed E-state index contributed by atoms with van der Waals surface area (Å²) in [6, 6.07) is 12.9. The van der Waals surface area contributed by atoms with E-state index in [9.17, 15) is 23.1 Å². The van der Waals surface area contributed by atoms with Crippen LogP contribution >= 0.6 is 11.3 Å². The minimum absolute atomic E-state index is 0.128. The van der Waals surface area contributed by atoms with Gasteiger partial charge in [0.25, 0.3) is 0 Å². The van der Waals surface area contributed by atoms with Crippen LogP contribution in [0.25, 0.3) is 15.8 Å². The van der Waals surface area contributed by atoms with Crippen molar-refractivity contribution in [3.63, 3.8) is 0 Å². The van der Waals surface area contributed by atoms with Gasteiger partial charge in [-0.05, 0) is 36.1 Å². The highest BCUT2D eigenvalue weighted by atomic mass is 32.1. The Kier molecular flexibility index (Phi) is 4.66. The smallest absolute Gasteiger partial charge is 0.416 e. The van der Waals surface area contributed by atoms with Crippen LogP contribution in [0.15, 0.2) is 54.7 Å². The lowest BCUT2D eigenvalue weighted by Crippen LogP contribution is -2.05. The molecule has 0 fully saturated rings. The maximum absolute atomic E-state index is 13.0. The Morgan fingerprint density at radius 1 is 1.17 bits per heavy atom. The molecule has 4 rings (SSSR count). The second-order valence-corrected chi connectivity index (χ2v) is 7.78. The van der Waals surface area contributed by atoms with Gasteiger partial charge in [0.2, 0.25) is 0 Å². The molecule has 0 aliphatic carbocycles. The lowest BCUT2D eigenvalue weighted by atomic mass is 10.1. The van der Waals surface area contributed by atoms with Crippen molar-refractivity contribution in [1.82, 2.24) is 9.78 Å². The predicted octanol–water partition coefficient (Wildman–Crippen LogP) is 5.70. The first-order valence-electron chi connectivity index (χ1n) is 8.70. The zero-order chi connectivity index (χ0) is 20.8. The van der Waals surface area contributed by atoms with E-state index in [1.807, 2.05) is 24.3 Å². The molecule has 0 atom stereocenters. The summed E-state index contributed by atoms with van der Waals surface area (Å²) in [6.45, 7) is 1.69. The number of alkyl halides is 3. The number of carboxylic acids is 1. The van der Waals surface area contributed by atoms with Crippen LogP contribution < -0.4 is 0 Å². The molecule has 0 bridgehead atoms. The average Bonchev–Trinajstić information content (AvgIpc) is 3.24. The quantitative estimate of drug-likeness (QED) is 0.464. The SMILES string of the molecule is Cc1c(C(=O)O)cnn1-c1cccc2cc(Cc3cccc(C(F)(F)F)c3)sc12. The van der Waals surface area contributed by atoms with Crippen LogP contribution in [0.4, 0.5) is 13.2 Å². The van der Waals surface area contributed by atoms with Crippen molar-refractivity contribution in [2.24, 2.45) is 0 Å². The van der Waals surface area contributed by atoms with Gasteiger partial charge in [-0.2, -0.15) is 18.3 Å². The zero-order valence-electron chi connectivity index (χ0n) is 15.2. The van der Waals surface area contributed by atoms with Crippen molar-refractivity contribution in [3.8, 4) is 5.69 Å². The van der Waals surface area contributed by atoms with Crippen molar-refractivity contribution in [2.75, 3.05) is 0 Å². The summed E-state index contributed by atoms with van der Waals surface area (Å²) in [5, 5.41) is 14.4. The number of aromatic nitrogens is 2. The van der Waals surface area contributed by atoms with Crippen molar-refractivity contribution >= 4 is 27.4 Å². The van der Waals surface area contributed by atoms with Crippen molar-refractivity contribution < 1.29 is 23.1 Å². The minimum atomic E-state index is -4.37. The molecule has 0 saturated heterocycles. The largest absolute Gasteiger partial charge is 0.478 e. The van der Waals surface area contributed by atoms with Gasteiger partial charge in [0, 0.05) is 11.3 Å². The van der Waals surface area contributed by atoms with E-state index in [0.29, 0.717) is 17.7 Å². The van der Waals surface area contributed by atoms with Crippen molar-refractivity contribution in [2.45, 2.75) is 19.5 Å². The molecule has 0 amide bonds. The normalized spacial score (nSPS) is 11.9. The molecule has 2 aromatic heterocycles. The van der Waals surface area contributed by atoms with Gasteiger partial charge in [0.15, 0.2) is 0 Å². The summed E-state index contributed by atoms with van der Waals surface area (Å²) in [7, 11) is 0. The van der Waals surface area contributed by atoms with E-state index >= 15 is 0 Å². The molecule has 0 aliphatic rings. The van der Waals surface area contributed by atoms with Crippen LogP contribution in [0.5, 0.6) is 0 Å². The molecule has 0 unspecified atom stereocenters. The molecular weight excluding hydrogens is 401 g/mol. The number of fused-ring (bicyclic) bond motifs is 1. The molecule has 4 aromatic rings. The van der Waals surface area contributed by atoms with Gasteiger partial charge in [-0.1, -0.05) is 30.3 Å². The highest BCUT2D eigenvalue weighted by molar-refractivity contribution is 7.19. The van der Waals surface area contributed by atoms with E-state index in [1.165, 1.54) is 29.7 Å². The van der Waals surface area contributed by atoms with Crippen LogP contribution in [0.3, 0.4) is 0 Å². The topological polar surface area (TPSA) is 55.1 Å². The summed E-state index contributed by atoms with van der Waals surface area (Å²) in [4.78, 5) is 12.2. The number of carboxylic acid groups (broad SMARTS) is 1. The first kappa shape index (κ1) is 19.2. The minimum Gasteiger partial charge on any atom is -0.478 e. The highest BCUT2D eigenvalue weighted by Crippen LogP contribution is 2.34.